The number of amides is 1. The lowest BCUT2D eigenvalue weighted by Gasteiger charge is -2.15. The van der Waals surface area contributed by atoms with Crippen molar-refractivity contribution in [1.82, 2.24) is 14.5 Å². The Bertz CT molecular complexity index is 966. The molecule has 0 spiro atoms. The topological polar surface area (TPSA) is 47.4 Å². The van der Waals surface area contributed by atoms with E-state index in [4.69, 9.17) is 0 Å². The summed E-state index contributed by atoms with van der Waals surface area (Å²) >= 11 is 0. The van der Waals surface area contributed by atoms with E-state index in [0.29, 0.717) is 23.2 Å². The molecule has 27 heavy (non-hydrogen) atoms. The number of hydrogen-bond acceptors (Lipinski definition) is 3. The van der Waals surface area contributed by atoms with Crippen LogP contribution in [0.2, 0.25) is 0 Å². The van der Waals surface area contributed by atoms with E-state index in [1.165, 1.54) is 12.1 Å². The molecule has 142 valence electrons. The average molecular weight is 377 g/mol. The summed E-state index contributed by atoms with van der Waals surface area (Å²) in [5.74, 6) is -0.326. The molecule has 3 aromatic rings. The third-order valence-electron chi connectivity index (χ3n) is 4.25. The highest BCUT2D eigenvalue weighted by atomic mass is 19.4. The van der Waals surface area contributed by atoms with Gasteiger partial charge >= 0.3 is 6.36 Å². The molecular weight excluding hydrogens is 359 g/mol. The Balaban J connectivity index is 1.94. The fourth-order valence-electron chi connectivity index (χ4n) is 2.72. The number of alkyl halides is 3. The van der Waals surface area contributed by atoms with Crippen LogP contribution in [0.4, 0.5) is 13.2 Å². The van der Waals surface area contributed by atoms with Crippen LogP contribution in [0.15, 0.2) is 48.8 Å². The second-order valence-electron chi connectivity index (χ2n) is 6.03. The van der Waals surface area contributed by atoms with Crippen LogP contribution in [-0.4, -0.2) is 40.3 Å². The number of hydrogen-bond donors (Lipinski definition) is 0. The van der Waals surface area contributed by atoms with Gasteiger partial charge in [-0.15, -0.1) is 13.2 Å². The van der Waals surface area contributed by atoms with E-state index in [2.05, 4.69) is 9.72 Å². The molecule has 8 heteroatoms. The second kappa shape index (κ2) is 7.30. The van der Waals surface area contributed by atoms with Gasteiger partial charge in [-0.1, -0.05) is 24.3 Å². The maximum atomic E-state index is 12.6. The Kier molecular flexibility index (Phi) is 5.07. The van der Waals surface area contributed by atoms with E-state index in [1.54, 1.807) is 53.2 Å². The van der Waals surface area contributed by atoms with Crippen LogP contribution in [-0.2, 0) is 11.3 Å². The maximum absolute atomic E-state index is 12.6. The van der Waals surface area contributed by atoms with Crippen LogP contribution in [0.25, 0.3) is 22.2 Å². The molecule has 5 nitrogen and oxygen atoms in total. The summed E-state index contributed by atoms with van der Waals surface area (Å²) in [7, 11) is 1.72. The third-order valence-corrected chi connectivity index (χ3v) is 4.25. The molecule has 0 saturated heterocycles. The van der Waals surface area contributed by atoms with Gasteiger partial charge in [-0.25, -0.2) is 4.98 Å². The fraction of sp³-hybridized carbons (Fsp3) is 0.263. The zero-order valence-corrected chi connectivity index (χ0v) is 14.8. The van der Waals surface area contributed by atoms with E-state index in [1.807, 2.05) is 6.92 Å². The van der Waals surface area contributed by atoms with Gasteiger partial charge < -0.3 is 14.2 Å². The molecule has 0 fully saturated rings. The van der Waals surface area contributed by atoms with E-state index < -0.39 is 6.36 Å². The molecule has 0 aliphatic carbocycles. The fourth-order valence-corrected chi connectivity index (χ4v) is 2.72. The van der Waals surface area contributed by atoms with Crippen LogP contribution in [0.3, 0.4) is 0 Å². The molecule has 2 aromatic carbocycles. The van der Waals surface area contributed by atoms with Crippen LogP contribution in [0.5, 0.6) is 5.75 Å². The van der Waals surface area contributed by atoms with Crippen molar-refractivity contribution in [2.45, 2.75) is 19.8 Å². The summed E-state index contributed by atoms with van der Waals surface area (Å²) in [6, 6.07) is 11.0. The number of para-hydroxylation sites is 1. The molecule has 0 saturated carbocycles. The first-order valence-corrected chi connectivity index (χ1v) is 8.32. The first-order valence-electron chi connectivity index (χ1n) is 8.32. The number of imidazole rings is 1. The number of ether oxygens (including phenoxy) is 1. The summed E-state index contributed by atoms with van der Waals surface area (Å²) in [5, 5.41) is 0. The van der Waals surface area contributed by atoms with E-state index in [9.17, 15) is 18.0 Å². The largest absolute Gasteiger partial charge is 0.573 e. The van der Waals surface area contributed by atoms with Gasteiger partial charge in [0.05, 0.1) is 17.4 Å². The quantitative estimate of drug-likeness (QED) is 0.673. The Morgan fingerprint density at radius 3 is 2.67 bits per heavy atom. The standard InChI is InChI=1S/C19H18F3N3O2/c1-3-24(2)18(26)11-25-12-23-15-10-13(8-9-16(15)25)14-6-4-5-7-17(14)27-19(20,21)22/h4-10,12H,3,11H2,1-2H3. The number of carbonyl (C=O) groups excluding carboxylic acids is 1. The highest BCUT2D eigenvalue weighted by molar-refractivity contribution is 5.85. The van der Waals surface area contributed by atoms with Gasteiger partial charge in [0.1, 0.15) is 12.3 Å². The predicted molar refractivity (Wildman–Crippen MR) is 95.2 cm³/mol. The lowest BCUT2D eigenvalue weighted by atomic mass is 10.0. The molecule has 1 amide bonds. The summed E-state index contributed by atoms with van der Waals surface area (Å²) in [6.45, 7) is 2.64. The SMILES string of the molecule is CCN(C)C(=O)Cn1cnc2cc(-c3ccccc3OC(F)(F)F)ccc21. The number of nitrogens with zero attached hydrogens (tertiary/aromatic N) is 3. The minimum absolute atomic E-state index is 0.0511. The minimum atomic E-state index is -4.77. The first kappa shape index (κ1) is 18.8. The van der Waals surface area contributed by atoms with Crippen molar-refractivity contribution in [2.24, 2.45) is 0 Å². The molecule has 0 radical (unpaired) electrons. The zero-order chi connectivity index (χ0) is 19.6. The number of rotatable bonds is 5. The third kappa shape index (κ3) is 4.21. The van der Waals surface area contributed by atoms with E-state index in [-0.39, 0.29) is 18.2 Å². The van der Waals surface area contributed by atoms with Gasteiger partial charge in [0.15, 0.2) is 0 Å². The predicted octanol–water partition coefficient (Wildman–Crippen LogP) is 4.08. The molecule has 0 unspecified atom stereocenters. The Morgan fingerprint density at radius 1 is 1.22 bits per heavy atom. The number of halogens is 3. The van der Waals surface area contributed by atoms with Crippen LogP contribution >= 0.6 is 0 Å². The molecule has 3 rings (SSSR count). The Labute approximate surface area is 154 Å². The van der Waals surface area contributed by atoms with Crippen molar-refractivity contribution < 1.29 is 22.7 Å². The lowest BCUT2D eigenvalue weighted by molar-refractivity contribution is -0.274. The summed E-state index contributed by atoms with van der Waals surface area (Å²) in [6.07, 6.45) is -3.22. The molecular formula is C19H18F3N3O2. The molecule has 0 aliphatic rings. The highest BCUT2D eigenvalue weighted by Crippen LogP contribution is 2.34. The number of aromatic nitrogens is 2. The molecule has 0 aliphatic heterocycles. The minimum Gasteiger partial charge on any atom is -0.405 e. The van der Waals surface area contributed by atoms with E-state index >= 15 is 0 Å². The molecule has 0 bridgehead atoms. The van der Waals surface area contributed by atoms with Gasteiger partial charge in [0, 0.05) is 19.2 Å². The average Bonchev–Trinajstić information content (AvgIpc) is 3.02. The van der Waals surface area contributed by atoms with Crippen LogP contribution < -0.4 is 4.74 Å². The molecule has 1 aromatic heterocycles. The van der Waals surface area contributed by atoms with Gasteiger partial charge in [0.25, 0.3) is 0 Å². The van der Waals surface area contributed by atoms with Crippen molar-refractivity contribution in [2.75, 3.05) is 13.6 Å². The maximum Gasteiger partial charge on any atom is 0.573 e. The highest BCUT2D eigenvalue weighted by Gasteiger charge is 2.32. The van der Waals surface area contributed by atoms with Crippen molar-refractivity contribution in [3.63, 3.8) is 0 Å². The van der Waals surface area contributed by atoms with E-state index in [0.717, 1.165) is 5.52 Å². The normalized spacial score (nSPS) is 11.6. The van der Waals surface area contributed by atoms with Crippen LogP contribution in [0.1, 0.15) is 6.92 Å². The molecule has 0 N–H and O–H groups in total. The first-order chi connectivity index (χ1) is 12.8. The smallest absolute Gasteiger partial charge is 0.405 e. The van der Waals surface area contributed by atoms with Crippen LogP contribution in [0, 0.1) is 0 Å². The monoisotopic (exact) mass is 377 g/mol. The number of fused-ring (bicyclic) bond motifs is 1. The van der Waals surface area contributed by atoms with Gasteiger partial charge in [0.2, 0.25) is 5.91 Å². The lowest BCUT2D eigenvalue weighted by Crippen LogP contribution is -2.29. The van der Waals surface area contributed by atoms with Gasteiger partial charge in [-0.3, -0.25) is 4.79 Å². The molecule has 0 atom stereocenters. The second-order valence-corrected chi connectivity index (χ2v) is 6.03. The summed E-state index contributed by atoms with van der Waals surface area (Å²) in [5.41, 5.74) is 2.17. The van der Waals surface area contributed by atoms with Crippen molar-refractivity contribution in [1.29, 1.82) is 0 Å². The Morgan fingerprint density at radius 2 is 1.96 bits per heavy atom. The number of carbonyl (C=O) groups is 1. The van der Waals surface area contributed by atoms with Crippen molar-refractivity contribution in [3.8, 4) is 16.9 Å². The zero-order valence-electron chi connectivity index (χ0n) is 14.8. The van der Waals surface area contributed by atoms with Gasteiger partial charge in [-0.05, 0) is 30.7 Å². The Hall–Kier alpha value is -3.03. The van der Waals surface area contributed by atoms with Gasteiger partial charge in [-0.2, -0.15) is 0 Å². The van der Waals surface area contributed by atoms with Crippen molar-refractivity contribution in [3.05, 3.63) is 48.8 Å². The van der Waals surface area contributed by atoms with Crippen molar-refractivity contribution >= 4 is 16.9 Å². The number of benzene rings is 2. The molecule has 1 heterocycles. The summed E-state index contributed by atoms with van der Waals surface area (Å²) in [4.78, 5) is 18.0. The summed E-state index contributed by atoms with van der Waals surface area (Å²) < 4.78 is 43.7. The number of likely N-dealkylation sites (N-methyl/N-ethyl adjacent to an activating group) is 1.